The van der Waals surface area contributed by atoms with Crippen molar-refractivity contribution in [2.75, 3.05) is 0 Å². The fourth-order valence-corrected chi connectivity index (χ4v) is 2.67. The van der Waals surface area contributed by atoms with Crippen LogP contribution >= 0.6 is 23.4 Å². The molecule has 2 aromatic carbocycles. The molecule has 1 amide bonds. The summed E-state index contributed by atoms with van der Waals surface area (Å²) in [6.07, 6.45) is 1.59. The number of benzene rings is 2. The van der Waals surface area contributed by atoms with Crippen molar-refractivity contribution in [3.8, 4) is 0 Å². The van der Waals surface area contributed by atoms with Crippen LogP contribution in [0.15, 0.2) is 58.5 Å². The van der Waals surface area contributed by atoms with Crippen LogP contribution < -0.4 is 5.43 Å². The molecule has 114 valence electrons. The molecule has 0 fully saturated rings. The summed E-state index contributed by atoms with van der Waals surface area (Å²) < 4.78 is 0. The van der Waals surface area contributed by atoms with E-state index >= 15 is 0 Å². The first-order valence-corrected chi connectivity index (χ1v) is 8.12. The van der Waals surface area contributed by atoms with Gasteiger partial charge in [0.15, 0.2) is 0 Å². The summed E-state index contributed by atoms with van der Waals surface area (Å²) in [5.41, 5.74) is 4.63. The highest BCUT2D eigenvalue weighted by Gasteiger charge is 2.13. The SMILES string of the molecule is Cc1ccc(S[C@H](C)C(=O)N/N=C\c2ccc(Cl)cc2)cc1. The van der Waals surface area contributed by atoms with E-state index in [1.165, 1.54) is 17.3 Å². The van der Waals surface area contributed by atoms with Crippen LogP contribution in [-0.2, 0) is 4.79 Å². The van der Waals surface area contributed by atoms with Crippen LogP contribution in [0.5, 0.6) is 0 Å². The normalized spacial score (nSPS) is 12.3. The van der Waals surface area contributed by atoms with E-state index in [1.807, 2.05) is 50.2 Å². The molecule has 0 saturated heterocycles. The molecule has 0 aliphatic rings. The van der Waals surface area contributed by atoms with Crippen LogP contribution in [0, 0.1) is 6.92 Å². The third-order valence-corrected chi connectivity index (χ3v) is 4.33. The smallest absolute Gasteiger partial charge is 0.253 e. The van der Waals surface area contributed by atoms with Gasteiger partial charge < -0.3 is 0 Å². The molecule has 1 atom stereocenters. The number of carbonyl (C=O) groups excluding carboxylic acids is 1. The zero-order chi connectivity index (χ0) is 15.9. The number of halogens is 1. The monoisotopic (exact) mass is 332 g/mol. The van der Waals surface area contributed by atoms with Gasteiger partial charge in [-0.15, -0.1) is 11.8 Å². The Labute approximate surface area is 139 Å². The van der Waals surface area contributed by atoms with E-state index in [0.29, 0.717) is 5.02 Å². The van der Waals surface area contributed by atoms with E-state index in [4.69, 9.17) is 11.6 Å². The first-order valence-electron chi connectivity index (χ1n) is 6.86. The number of nitrogens with zero attached hydrogens (tertiary/aromatic N) is 1. The topological polar surface area (TPSA) is 41.5 Å². The van der Waals surface area contributed by atoms with Gasteiger partial charge in [0, 0.05) is 9.92 Å². The number of carbonyl (C=O) groups is 1. The van der Waals surface area contributed by atoms with E-state index in [2.05, 4.69) is 10.5 Å². The molecule has 0 aromatic heterocycles. The molecular weight excluding hydrogens is 316 g/mol. The third kappa shape index (κ3) is 5.20. The summed E-state index contributed by atoms with van der Waals surface area (Å²) in [6.45, 7) is 3.90. The first-order chi connectivity index (χ1) is 10.5. The number of rotatable bonds is 5. The highest BCUT2D eigenvalue weighted by molar-refractivity contribution is 8.00. The van der Waals surface area contributed by atoms with E-state index in [-0.39, 0.29) is 11.2 Å². The minimum absolute atomic E-state index is 0.129. The average molecular weight is 333 g/mol. The lowest BCUT2D eigenvalue weighted by atomic mass is 10.2. The van der Waals surface area contributed by atoms with Crippen LogP contribution in [0.25, 0.3) is 0 Å². The molecule has 0 bridgehead atoms. The second-order valence-electron chi connectivity index (χ2n) is 4.86. The Balaban J connectivity index is 1.85. The predicted octanol–water partition coefficient (Wildman–Crippen LogP) is 4.28. The first kappa shape index (κ1) is 16.6. The predicted molar refractivity (Wildman–Crippen MR) is 93.7 cm³/mol. The summed E-state index contributed by atoms with van der Waals surface area (Å²) in [5, 5.41) is 4.42. The number of hydrogen-bond acceptors (Lipinski definition) is 3. The van der Waals surface area contributed by atoms with Crippen molar-refractivity contribution in [1.29, 1.82) is 0 Å². The van der Waals surface area contributed by atoms with Gasteiger partial charge in [-0.1, -0.05) is 41.4 Å². The largest absolute Gasteiger partial charge is 0.272 e. The second-order valence-corrected chi connectivity index (χ2v) is 6.71. The van der Waals surface area contributed by atoms with Gasteiger partial charge >= 0.3 is 0 Å². The minimum Gasteiger partial charge on any atom is -0.272 e. The summed E-state index contributed by atoms with van der Waals surface area (Å²) in [6, 6.07) is 15.3. The van der Waals surface area contributed by atoms with Crippen LogP contribution in [0.1, 0.15) is 18.1 Å². The highest BCUT2D eigenvalue weighted by atomic mass is 35.5. The molecule has 1 N–H and O–H groups in total. The van der Waals surface area contributed by atoms with Crippen LogP contribution in [-0.4, -0.2) is 17.4 Å². The van der Waals surface area contributed by atoms with Gasteiger partial charge in [0.25, 0.3) is 5.91 Å². The van der Waals surface area contributed by atoms with Gasteiger partial charge in [0.05, 0.1) is 11.5 Å². The van der Waals surface area contributed by atoms with Gasteiger partial charge in [-0.05, 0) is 43.7 Å². The lowest BCUT2D eigenvalue weighted by Gasteiger charge is -2.09. The molecule has 0 saturated carbocycles. The molecule has 2 rings (SSSR count). The molecule has 0 spiro atoms. The van der Waals surface area contributed by atoms with Gasteiger partial charge in [-0.2, -0.15) is 5.10 Å². The Morgan fingerprint density at radius 1 is 1.18 bits per heavy atom. The van der Waals surface area contributed by atoms with Crippen LogP contribution in [0.4, 0.5) is 0 Å². The number of hydrogen-bond donors (Lipinski definition) is 1. The molecule has 0 radical (unpaired) electrons. The summed E-state index contributed by atoms with van der Waals surface area (Å²) in [4.78, 5) is 13.1. The van der Waals surface area contributed by atoms with Gasteiger partial charge in [-0.25, -0.2) is 5.43 Å². The number of aryl methyl sites for hydroxylation is 1. The maximum Gasteiger partial charge on any atom is 0.253 e. The van der Waals surface area contributed by atoms with E-state index in [0.717, 1.165) is 10.5 Å². The van der Waals surface area contributed by atoms with Gasteiger partial charge in [0.1, 0.15) is 0 Å². The standard InChI is InChI=1S/C17H17ClN2OS/c1-12-3-9-16(10-4-12)22-13(2)17(21)20-19-11-14-5-7-15(18)8-6-14/h3-11,13H,1-2H3,(H,20,21)/b19-11-/t13-/m1/s1. The molecule has 0 aliphatic carbocycles. The van der Waals surface area contributed by atoms with E-state index in [1.54, 1.807) is 18.3 Å². The van der Waals surface area contributed by atoms with Gasteiger partial charge in [0.2, 0.25) is 0 Å². The van der Waals surface area contributed by atoms with Crippen molar-refractivity contribution in [1.82, 2.24) is 5.43 Å². The fraction of sp³-hybridized carbons (Fsp3) is 0.176. The fourth-order valence-electron chi connectivity index (χ4n) is 1.68. The number of hydrazone groups is 1. The Bertz CT molecular complexity index is 653. The minimum atomic E-state index is -0.218. The van der Waals surface area contributed by atoms with E-state index < -0.39 is 0 Å². The molecule has 3 nitrogen and oxygen atoms in total. The number of thioether (sulfide) groups is 1. The van der Waals surface area contributed by atoms with Gasteiger partial charge in [-0.3, -0.25) is 4.79 Å². The molecule has 0 aliphatic heterocycles. The molecule has 0 unspecified atom stereocenters. The van der Waals surface area contributed by atoms with Crippen molar-refractivity contribution in [2.24, 2.45) is 5.10 Å². The van der Waals surface area contributed by atoms with Crippen LogP contribution in [0.2, 0.25) is 5.02 Å². The zero-order valence-corrected chi connectivity index (χ0v) is 14.0. The van der Waals surface area contributed by atoms with Crippen molar-refractivity contribution in [3.63, 3.8) is 0 Å². The highest BCUT2D eigenvalue weighted by Crippen LogP contribution is 2.23. The third-order valence-electron chi connectivity index (χ3n) is 2.96. The molecule has 5 heteroatoms. The Kier molecular flexibility index (Phi) is 6.04. The maximum absolute atomic E-state index is 12.0. The Morgan fingerprint density at radius 2 is 1.82 bits per heavy atom. The maximum atomic E-state index is 12.0. The number of nitrogens with one attached hydrogen (secondary N) is 1. The van der Waals surface area contributed by atoms with Crippen molar-refractivity contribution >= 4 is 35.5 Å². The average Bonchev–Trinajstić information content (AvgIpc) is 2.51. The molecule has 0 heterocycles. The lowest BCUT2D eigenvalue weighted by Crippen LogP contribution is -2.26. The van der Waals surface area contributed by atoms with Crippen LogP contribution in [0.3, 0.4) is 0 Å². The summed E-state index contributed by atoms with van der Waals surface area (Å²) in [7, 11) is 0. The second kappa shape index (κ2) is 8.01. The lowest BCUT2D eigenvalue weighted by molar-refractivity contribution is -0.120. The Morgan fingerprint density at radius 3 is 2.45 bits per heavy atom. The zero-order valence-electron chi connectivity index (χ0n) is 12.4. The quantitative estimate of drug-likeness (QED) is 0.504. The van der Waals surface area contributed by atoms with Crippen molar-refractivity contribution < 1.29 is 4.79 Å². The molecule has 2 aromatic rings. The van der Waals surface area contributed by atoms with Crippen molar-refractivity contribution in [3.05, 3.63) is 64.7 Å². The van der Waals surface area contributed by atoms with Crippen molar-refractivity contribution in [2.45, 2.75) is 24.0 Å². The summed E-state index contributed by atoms with van der Waals surface area (Å²) in [5.74, 6) is -0.129. The number of amides is 1. The molecular formula is C17H17ClN2OS. The summed E-state index contributed by atoms with van der Waals surface area (Å²) >= 11 is 7.31. The van der Waals surface area contributed by atoms with E-state index in [9.17, 15) is 4.79 Å². The molecule has 22 heavy (non-hydrogen) atoms. The Hall–Kier alpha value is -1.78.